The van der Waals surface area contributed by atoms with Crippen LogP contribution in [0.15, 0.2) is 36.5 Å². The lowest BCUT2D eigenvalue weighted by Crippen LogP contribution is -2.36. The molecule has 0 fully saturated rings. The zero-order valence-corrected chi connectivity index (χ0v) is 12.3. The third-order valence-electron chi connectivity index (χ3n) is 4.47. The van der Waals surface area contributed by atoms with Crippen LogP contribution in [0, 0.1) is 0 Å². The number of hydrogen-bond acceptors (Lipinski definition) is 2. The summed E-state index contributed by atoms with van der Waals surface area (Å²) in [6.07, 6.45) is 6.82. The van der Waals surface area contributed by atoms with E-state index in [9.17, 15) is 0 Å². The van der Waals surface area contributed by atoms with Gasteiger partial charge in [0.15, 0.2) is 0 Å². The molecule has 0 amide bonds. The highest BCUT2D eigenvalue weighted by Crippen LogP contribution is 2.34. The van der Waals surface area contributed by atoms with E-state index in [2.05, 4.69) is 47.8 Å². The SMILES string of the molecule is CNC(Cc1ccn(C)n1)C1CCCc2ccccc21. The Hall–Kier alpha value is -1.61. The number of likely N-dealkylation sites (N-methyl/N-ethyl adjacent to an activating group) is 1. The van der Waals surface area contributed by atoms with Crippen LogP contribution in [0.1, 0.15) is 35.6 Å². The highest BCUT2D eigenvalue weighted by molar-refractivity contribution is 5.34. The van der Waals surface area contributed by atoms with Gasteiger partial charge < -0.3 is 5.32 Å². The molecule has 0 radical (unpaired) electrons. The molecule has 0 aliphatic heterocycles. The van der Waals surface area contributed by atoms with Crippen molar-refractivity contribution in [2.45, 2.75) is 37.6 Å². The van der Waals surface area contributed by atoms with Gasteiger partial charge in [-0.25, -0.2) is 0 Å². The maximum atomic E-state index is 4.53. The minimum atomic E-state index is 0.464. The Bertz CT molecular complexity index is 573. The lowest BCUT2D eigenvalue weighted by Gasteiger charge is -2.32. The first-order valence-electron chi connectivity index (χ1n) is 7.51. The van der Waals surface area contributed by atoms with Gasteiger partial charge in [0.2, 0.25) is 0 Å². The van der Waals surface area contributed by atoms with Crippen LogP contribution in [0.3, 0.4) is 0 Å². The Morgan fingerprint density at radius 1 is 1.35 bits per heavy atom. The third kappa shape index (κ3) is 2.63. The van der Waals surface area contributed by atoms with E-state index in [0.29, 0.717) is 12.0 Å². The molecule has 2 atom stereocenters. The molecule has 1 aliphatic carbocycles. The summed E-state index contributed by atoms with van der Waals surface area (Å²) in [6, 6.07) is 11.5. The van der Waals surface area contributed by atoms with Gasteiger partial charge in [-0.15, -0.1) is 0 Å². The van der Waals surface area contributed by atoms with E-state index in [1.807, 2.05) is 17.9 Å². The number of aryl methyl sites for hydroxylation is 2. The lowest BCUT2D eigenvalue weighted by atomic mass is 9.77. The second-order valence-corrected chi connectivity index (χ2v) is 5.78. The molecule has 3 nitrogen and oxygen atoms in total. The minimum Gasteiger partial charge on any atom is -0.316 e. The molecular formula is C17H23N3. The van der Waals surface area contributed by atoms with E-state index >= 15 is 0 Å². The number of benzene rings is 1. The van der Waals surface area contributed by atoms with E-state index < -0.39 is 0 Å². The summed E-state index contributed by atoms with van der Waals surface area (Å²) in [4.78, 5) is 0. The second-order valence-electron chi connectivity index (χ2n) is 5.78. The van der Waals surface area contributed by atoms with Gasteiger partial charge >= 0.3 is 0 Å². The molecular weight excluding hydrogens is 246 g/mol. The Morgan fingerprint density at radius 3 is 2.95 bits per heavy atom. The quantitative estimate of drug-likeness (QED) is 0.925. The predicted molar refractivity (Wildman–Crippen MR) is 81.9 cm³/mol. The number of hydrogen-bond donors (Lipinski definition) is 1. The summed E-state index contributed by atoms with van der Waals surface area (Å²) in [5.41, 5.74) is 4.24. The average molecular weight is 269 g/mol. The Kier molecular flexibility index (Phi) is 3.88. The van der Waals surface area contributed by atoms with Gasteiger partial charge in [0.1, 0.15) is 0 Å². The molecule has 3 heteroatoms. The first-order valence-corrected chi connectivity index (χ1v) is 7.51. The first kappa shape index (κ1) is 13.4. The van der Waals surface area contributed by atoms with Crippen LogP contribution in [0.2, 0.25) is 0 Å². The van der Waals surface area contributed by atoms with Gasteiger partial charge in [0, 0.05) is 25.7 Å². The summed E-state index contributed by atoms with van der Waals surface area (Å²) >= 11 is 0. The van der Waals surface area contributed by atoms with E-state index in [1.54, 1.807) is 0 Å². The van der Waals surface area contributed by atoms with Crippen LogP contribution in [-0.2, 0) is 19.9 Å². The molecule has 0 spiro atoms. The highest BCUT2D eigenvalue weighted by Gasteiger charge is 2.27. The van der Waals surface area contributed by atoms with Gasteiger partial charge in [-0.05, 0) is 49.4 Å². The van der Waals surface area contributed by atoms with Crippen LogP contribution in [0.25, 0.3) is 0 Å². The van der Waals surface area contributed by atoms with Crippen LogP contribution in [-0.4, -0.2) is 22.9 Å². The van der Waals surface area contributed by atoms with E-state index in [-0.39, 0.29) is 0 Å². The normalized spacial score (nSPS) is 19.6. The van der Waals surface area contributed by atoms with Gasteiger partial charge in [0.05, 0.1) is 5.69 Å². The molecule has 1 aromatic carbocycles. The van der Waals surface area contributed by atoms with Gasteiger partial charge in [-0.2, -0.15) is 5.10 Å². The fourth-order valence-electron chi connectivity index (χ4n) is 3.45. The molecule has 1 aliphatic rings. The molecule has 0 saturated carbocycles. The molecule has 0 saturated heterocycles. The Morgan fingerprint density at radius 2 is 2.20 bits per heavy atom. The summed E-state index contributed by atoms with van der Waals surface area (Å²) in [6.45, 7) is 0. The molecule has 1 aromatic heterocycles. The van der Waals surface area contributed by atoms with Gasteiger partial charge in [0.25, 0.3) is 0 Å². The second kappa shape index (κ2) is 5.80. The van der Waals surface area contributed by atoms with Crippen molar-refractivity contribution in [2.75, 3.05) is 7.05 Å². The molecule has 20 heavy (non-hydrogen) atoms. The van der Waals surface area contributed by atoms with Crippen LogP contribution in [0.5, 0.6) is 0 Å². The zero-order valence-electron chi connectivity index (χ0n) is 12.3. The highest BCUT2D eigenvalue weighted by atomic mass is 15.2. The van der Waals surface area contributed by atoms with E-state index in [0.717, 1.165) is 6.42 Å². The minimum absolute atomic E-state index is 0.464. The lowest BCUT2D eigenvalue weighted by molar-refractivity contribution is 0.407. The fourth-order valence-corrected chi connectivity index (χ4v) is 3.45. The molecule has 1 N–H and O–H groups in total. The zero-order chi connectivity index (χ0) is 13.9. The van der Waals surface area contributed by atoms with Crippen molar-refractivity contribution < 1.29 is 0 Å². The number of aromatic nitrogens is 2. The molecule has 0 bridgehead atoms. The monoisotopic (exact) mass is 269 g/mol. The van der Waals surface area contributed by atoms with Crippen molar-refractivity contribution in [3.63, 3.8) is 0 Å². The number of nitrogens with zero attached hydrogens (tertiary/aromatic N) is 2. The number of fused-ring (bicyclic) bond motifs is 1. The Labute approximate surface area is 121 Å². The number of rotatable bonds is 4. The van der Waals surface area contributed by atoms with Crippen molar-refractivity contribution in [1.29, 1.82) is 0 Å². The smallest absolute Gasteiger partial charge is 0.0640 e. The molecule has 1 heterocycles. The standard InChI is InChI=1S/C17H23N3/c1-18-17(12-14-10-11-20(2)19-14)16-9-5-7-13-6-3-4-8-15(13)16/h3-4,6,8,10-11,16-18H,5,7,9,12H2,1-2H3. The Balaban J connectivity index is 1.83. The summed E-state index contributed by atoms with van der Waals surface area (Å²) in [5.74, 6) is 0.604. The third-order valence-corrected chi connectivity index (χ3v) is 4.47. The summed E-state index contributed by atoms with van der Waals surface area (Å²) < 4.78 is 1.89. The average Bonchev–Trinajstić information content (AvgIpc) is 2.89. The number of nitrogens with one attached hydrogen (secondary N) is 1. The van der Waals surface area contributed by atoms with Crippen LogP contribution in [0.4, 0.5) is 0 Å². The summed E-state index contributed by atoms with van der Waals surface area (Å²) in [7, 11) is 4.05. The fraction of sp³-hybridized carbons (Fsp3) is 0.471. The molecule has 106 valence electrons. The van der Waals surface area contributed by atoms with Crippen molar-refractivity contribution in [3.8, 4) is 0 Å². The van der Waals surface area contributed by atoms with Crippen molar-refractivity contribution >= 4 is 0 Å². The van der Waals surface area contributed by atoms with E-state index in [1.165, 1.54) is 36.1 Å². The van der Waals surface area contributed by atoms with Crippen molar-refractivity contribution in [2.24, 2.45) is 7.05 Å². The van der Waals surface area contributed by atoms with Gasteiger partial charge in [-0.1, -0.05) is 24.3 Å². The maximum Gasteiger partial charge on any atom is 0.0640 e. The van der Waals surface area contributed by atoms with Gasteiger partial charge in [-0.3, -0.25) is 4.68 Å². The predicted octanol–water partition coefficient (Wildman–Crippen LogP) is 2.67. The largest absolute Gasteiger partial charge is 0.316 e. The molecule has 2 unspecified atom stereocenters. The van der Waals surface area contributed by atoms with Crippen LogP contribution < -0.4 is 5.32 Å². The summed E-state index contributed by atoms with van der Waals surface area (Å²) in [5, 5.41) is 8.05. The first-order chi connectivity index (χ1) is 9.78. The van der Waals surface area contributed by atoms with Crippen LogP contribution >= 0.6 is 0 Å². The van der Waals surface area contributed by atoms with Crippen molar-refractivity contribution in [1.82, 2.24) is 15.1 Å². The van der Waals surface area contributed by atoms with Crippen molar-refractivity contribution in [3.05, 3.63) is 53.3 Å². The topological polar surface area (TPSA) is 29.9 Å². The molecule has 3 rings (SSSR count). The maximum absolute atomic E-state index is 4.53. The van der Waals surface area contributed by atoms with E-state index in [4.69, 9.17) is 0 Å². The molecule has 2 aromatic rings.